The number of nitrogens with zero attached hydrogens (tertiary/aromatic N) is 1. The molecule has 0 spiro atoms. The van der Waals surface area contributed by atoms with Crippen molar-refractivity contribution in [3.63, 3.8) is 0 Å². The summed E-state index contributed by atoms with van der Waals surface area (Å²) in [5, 5.41) is 31.1. The molecule has 1 aliphatic rings. The lowest BCUT2D eigenvalue weighted by Crippen LogP contribution is -2.06. The van der Waals surface area contributed by atoms with Crippen LogP contribution in [0.25, 0.3) is 0 Å². The maximum Gasteiger partial charge on any atom is 0.335 e. The van der Waals surface area contributed by atoms with Crippen molar-refractivity contribution in [2.24, 2.45) is 0 Å². The Hall–Kier alpha value is -4.37. The van der Waals surface area contributed by atoms with E-state index in [2.05, 4.69) is 5.32 Å². The van der Waals surface area contributed by atoms with Gasteiger partial charge in [-0.1, -0.05) is 36.4 Å². The Morgan fingerprint density at radius 3 is 1.66 bits per heavy atom. The molecule has 0 bridgehead atoms. The SMILES string of the molecule is C1CCNC1.Cc1c(C(=O)O)cccc1C(=O)O.O=C(c1ccccc1)c1ccc([N+](=O)[O-])cc1. The Morgan fingerprint density at radius 2 is 1.26 bits per heavy atom. The van der Waals surface area contributed by atoms with E-state index in [1.54, 1.807) is 24.3 Å². The Bertz CT molecular complexity index is 1130. The maximum atomic E-state index is 12.0. The second-order valence-electron chi connectivity index (χ2n) is 7.54. The zero-order chi connectivity index (χ0) is 25.8. The quantitative estimate of drug-likeness (QED) is 0.274. The van der Waals surface area contributed by atoms with Crippen LogP contribution in [0.1, 0.15) is 55.0 Å². The minimum Gasteiger partial charge on any atom is -0.478 e. The van der Waals surface area contributed by atoms with E-state index in [1.165, 1.54) is 75.3 Å². The van der Waals surface area contributed by atoms with Gasteiger partial charge in [0, 0.05) is 23.3 Å². The molecule has 0 atom stereocenters. The van der Waals surface area contributed by atoms with E-state index < -0.39 is 16.9 Å². The number of carboxylic acids is 2. The van der Waals surface area contributed by atoms with Crippen molar-refractivity contribution in [1.29, 1.82) is 0 Å². The van der Waals surface area contributed by atoms with Crippen molar-refractivity contribution in [2.45, 2.75) is 19.8 Å². The molecule has 9 nitrogen and oxygen atoms in total. The summed E-state index contributed by atoms with van der Waals surface area (Å²) in [6.45, 7) is 3.98. The predicted octanol–water partition coefficient (Wildman–Crippen LogP) is 4.59. The zero-order valence-electron chi connectivity index (χ0n) is 19.1. The van der Waals surface area contributed by atoms with Gasteiger partial charge in [0.15, 0.2) is 5.78 Å². The molecule has 1 heterocycles. The number of nitro benzene ring substituents is 1. The normalized spacial score (nSPS) is 11.8. The minimum atomic E-state index is -1.11. The number of hydrogen-bond acceptors (Lipinski definition) is 6. The number of aromatic carboxylic acids is 2. The summed E-state index contributed by atoms with van der Waals surface area (Å²) in [5.41, 5.74) is 1.33. The Kier molecular flexibility index (Phi) is 10.3. The molecule has 35 heavy (non-hydrogen) atoms. The number of non-ortho nitro benzene ring substituents is 1. The number of benzene rings is 3. The lowest BCUT2D eigenvalue weighted by atomic mass is 10.0. The molecule has 0 aromatic heterocycles. The van der Waals surface area contributed by atoms with Gasteiger partial charge >= 0.3 is 11.9 Å². The monoisotopic (exact) mass is 478 g/mol. The van der Waals surface area contributed by atoms with Crippen molar-refractivity contribution in [2.75, 3.05) is 13.1 Å². The van der Waals surface area contributed by atoms with Crippen LogP contribution >= 0.6 is 0 Å². The lowest BCUT2D eigenvalue weighted by Gasteiger charge is -2.03. The number of carbonyl (C=O) groups is 3. The molecule has 0 saturated carbocycles. The third-order valence-electron chi connectivity index (χ3n) is 5.13. The van der Waals surface area contributed by atoms with E-state index >= 15 is 0 Å². The van der Waals surface area contributed by atoms with Gasteiger partial charge in [-0.05, 0) is 62.7 Å². The van der Waals surface area contributed by atoms with Crippen LogP contribution in [0, 0.1) is 17.0 Å². The van der Waals surface area contributed by atoms with Crippen LogP contribution in [-0.2, 0) is 0 Å². The summed E-state index contributed by atoms with van der Waals surface area (Å²) in [6.07, 6.45) is 2.78. The molecule has 1 saturated heterocycles. The average Bonchev–Trinajstić information content (AvgIpc) is 3.45. The molecule has 3 aromatic rings. The number of nitrogens with one attached hydrogen (secondary N) is 1. The number of ketones is 1. The average molecular weight is 479 g/mol. The molecule has 1 fully saturated rings. The van der Waals surface area contributed by atoms with E-state index in [4.69, 9.17) is 10.2 Å². The molecule has 182 valence electrons. The molecule has 3 aromatic carbocycles. The van der Waals surface area contributed by atoms with Crippen molar-refractivity contribution < 1.29 is 29.5 Å². The highest BCUT2D eigenvalue weighted by molar-refractivity contribution is 6.09. The summed E-state index contributed by atoms with van der Waals surface area (Å²) in [4.78, 5) is 43.1. The molecule has 0 unspecified atom stereocenters. The molecule has 3 N–H and O–H groups in total. The molecular formula is C26H26N2O7. The van der Waals surface area contributed by atoms with Crippen molar-refractivity contribution in [1.82, 2.24) is 5.32 Å². The largest absolute Gasteiger partial charge is 0.478 e. The van der Waals surface area contributed by atoms with Gasteiger partial charge in [0.25, 0.3) is 5.69 Å². The van der Waals surface area contributed by atoms with Crippen LogP contribution in [0.2, 0.25) is 0 Å². The number of rotatable bonds is 5. The fourth-order valence-corrected chi connectivity index (χ4v) is 3.21. The summed E-state index contributed by atoms with van der Waals surface area (Å²) >= 11 is 0. The highest BCUT2D eigenvalue weighted by Crippen LogP contribution is 2.15. The van der Waals surface area contributed by atoms with E-state index in [-0.39, 0.29) is 28.2 Å². The van der Waals surface area contributed by atoms with Crippen molar-refractivity contribution in [3.05, 3.63) is 111 Å². The topological polar surface area (TPSA) is 147 Å². The smallest absolute Gasteiger partial charge is 0.335 e. The molecule has 0 radical (unpaired) electrons. The molecule has 0 aliphatic carbocycles. The van der Waals surface area contributed by atoms with E-state index in [0.29, 0.717) is 11.1 Å². The van der Waals surface area contributed by atoms with Crippen LogP contribution in [0.15, 0.2) is 72.8 Å². The van der Waals surface area contributed by atoms with Crippen molar-refractivity contribution in [3.8, 4) is 0 Å². The first-order chi connectivity index (χ1) is 16.7. The third-order valence-corrected chi connectivity index (χ3v) is 5.13. The molecule has 9 heteroatoms. The third kappa shape index (κ3) is 8.17. The molecule has 0 amide bonds. The zero-order valence-corrected chi connectivity index (χ0v) is 19.1. The summed E-state index contributed by atoms with van der Waals surface area (Å²) < 4.78 is 0. The van der Waals surface area contributed by atoms with Crippen LogP contribution < -0.4 is 5.32 Å². The number of hydrogen-bond donors (Lipinski definition) is 3. The van der Waals surface area contributed by atoms with Gasteiger partial charge in [0.2, 0.25) is 0 Å². The number of carbonyl (C=O) groups excluding carboxylic acids is 1. The Labute approximate surface area is 202 Å². The summed E-state index contributed by atoms with van der Waals surface area (Å²) in [7, 11) is 0. The lowest BCUT2D eigenvalue weighted by molar-refractivity contribution is -0.384. The second kappa shape index (κ2) is 13.4. The fourth-order valence-electron chi connectivity index (χ4n) is 3.21. The summed E-state index contributed by atoms with van der Waals surface area (Å²) in [5.74, 6) is -2.36. The van der Waals surface area contributed by atoms with Gasteiger partial charge in [-0.15, -0.1) is 0 Å². The number of nitro groups is 1. The van der Waals surface area contributed by atoms with Gasteiger partial charge in [-0.25, -0.2) is 9.59 Å². The van der Waals surface area contributed by atoms with Crippen LogP contribution in [0.5, 0.6) is 0 Å². The van der Waals surface area contributed by atoms with Crippen molar-refractivity contribution >= 4 is 23.4 Å². The predicted molar refractivity (Wildman–Crippen MR) is 130 cm³/mol. The van der Waals surface area contributed by atoms with E-state index in [0.717, 1.165) is 0 Å². The maximum absolute atomic E-state index is 12.0. The van der Waals surface area contributed by atoms with E-state index in [1.807, 2.05) is 6.07 Å². The first-order valence-electron chi connectivity index (χ1n) is 10.8. The highest BCUT2D eigenvalue weighted by atomic mass is 16.6. The highest BCUT2D eigenvalue weighted by Gasteiger charge is 2.13. The number of carboxylic acid groups (broad SMARTS) is 2. The van der Waals surface area contributed by atoms with E-state index in [9.17, 15) is 24.5 Å². The molecule has 1 aliphatic heterocycles. The van der Waals surface area contributed by atoms with Gasteiger partial charge in [0.05, 0.1) is 16.1 Å². The second-order valence-corrected chi connectivity index (χ2v) is 7.54. The molecule has 4 rings (SSSR count). The Balaban J connectivity index is 0.000000211. The van der Waals surface area contributed by atoms with Crippen LogP contribution in [0.4, 0.5) is 5.69 Å². The van der Waals surface area contributed by atoms with Gasteiger partial charge in [-0.2, -0.15) is 0 Å². The van der Waals surface area contributed by atoms with Gasteiger partial charge < -0.3 is 15.5 Å². The Morgan fingerprint density at radius 1 is 0.771 bits per heavy atom. The first-order valence-corrected chi connectivity index (χ1v) is 10.8. The summed E-state index contributed by atoms with van der Waals surface area (Å²) in [6, 6.07) is 18.6. The fraction of sp³-hybridized carbons (Fsp3) is 0.192. The molecular weight excluding hydrogens is 452 g/mol. The van der Waals surface area contributed by atoms with Gasteiger partial charge in [0.1, 0.15) is 0 Å². The van der Waals surface area contributed by atoms with Crippen LogP contribution in [0.3, 0.4) is 0 Å². The standard InChI is InChI=1S/C13H9NO3.C9H8O4.C4H9N/c15-13(10-4-2-1-3-5-10)11-6-8-12(9-7-11)14(16)17;1-5-6(8(10)11)3-2-4-7(5)9(12)13;1-2-4-5-3-1/h1-9H;2-4H,1H3,(H,10,11)(H,12,13);5H,1-4H2. The first kappa shape index (κ1) is 26.9. The van der Waals surface area contributed by atoms with Crippen LogP contribution in [-0.4, -0.2) is 45.9 Å². The van der Waals surface area contributed by atoms with Gasteiger partial charge in [-0.3, -0.25) is 14.9 Å². The minimum absolute atomic E-state index is 0.0189.